The van der Waals surface area contributed by atoms with Crippen LogP contribution in [0.1, 0.15) is 11.1 Å². The summed E-state index contributed by atoms with van der Waals surface area (Å²) in [5, 5.41) is 0. The fraction of sp³-hybridized carbons (Fsp3) is 0.250. The van der Waals surface area contributed by atoms with Gasteiger partial charge in [-0.05, 0) is 30.2 Å². The molecule has 2 aromatic rings. The molecule has 29 heavy (non-hydrogen) atoms. The standard InChI is InChI=1S/C20H19N3O5S/c1-22(20-15-7-3-5-9-17(15)29(26,27)21-20)12-19(25)28-13-18(24)23-11-10-14-6-2-4-8-16(14)23/h2-9H,10-13H2,1H3. The Morgan fingerprint density at radius 2 is 1.86 bits per heavy atom. The van der Waals surface area contributed by atoms with Crippen LogP contribution < -0.4 is 4.90 Å². The maximum atomic E-state index is 12.4. The first-order valence-corrected chi connectivity index (χ1v) is 10.5. The first kappa shape index (κ1) is 19.1. The average molecular weight is 413 g/mol. The summed E-state index contributed by atoms with van der Waals surface area (Å²) in [6.45, 7) is -0.0456. The molecule has 2 aliphatic heterocycles. The van der Waals surface area contributed by atoms with Crippen LogP contribution in [0.25, 0.3) is 0 Å². The zero-order valence-corrected chi connectivity index (χ0v) is 16.6. The van der Waals surface area contributed by atoms with Crippen LogP contribution in [0.2, 0.25) is 0 Å². The molecule has 0 spiro atoms. The molecule has 0 saturated heterocycles. The summed E-state index contributed by atoms with van der Waals surface area (Å²) in [4.78, 5) is 27.8. The van der Waals surface area contributed by atoms with Crippen LogP contribution in [-0.4, -0.2) is 57.8 Å². The van der Waals surface area contributed by atoms with Gasteiger partial charge in [0, 0.05) is 24.8 Å². The van der Waals surface area contributed by atoms with Gasteiger partial charge >= 0.3 is 5.97 Å². The van der Waals surface area contributed by atoms with Crippen molar-refractivity contribution in [1.29, 1.82) is 0 Å². The van der Waals surface area contributed by atoms with E-state index in [0.29, 0.717) is 12.1 Å². The summed E-state index contributed by atoms with van der Waals surface area (Å²) in [6, 6.07) is 14.0. The number of amides is 1. The number of para-hydroxylation sites is 1. The lowest BCUT2D eigenvalue weighted by Gasteiger charge is -2.19. The number of anilines is 1. The summed E-state index contributed by atoms with van der Waals surface area (Å²) in [5.74, 6) is -0.757. The number of carbonyl (C=O) groups excluding carboxylic acids is 2. The van der Waals surface area contributed by atoms with Gasteiger partial charge in [-0.2, -0.15) is 8.42 Å². The predicted octanol–water partition coefficient (Wildman–Crippen LogP) is 1.20. The minimum Gasteiger partial charge on any atom is -0.454 e. The van der Waals surface area contributed by atoms with Crippen molar-refractivity contribution in [3.8, 4) is 0 Å². The van der Waals surface area contributed by atoms with Crippen LogP contribution in [0.3, 0.4) is 0 Å². The molecule has 1 amide bonds. The number of carbonyl (C=O) groups is 2. The number of nitrogens with zero attached hydrogens (tertiary/aromatic N) is 3. The summed E-state index contributed by atoms with van der Waals surface area (Å²) < 4.78 is 33.2. The van der Waals surface area contributed by atoms with Crippen LogP contribution in [0.5, 0.6) is 0 Å². The molecule has 150 valence electrons. The molecule has 2 aromatic carbocycles. The molecule has 4 rings (SSSR count). The summed E-state index contributed by atoms with van der Waals surface area (Å²) in [5.41, 5.74) is 2.37. The number of fused-ring (bicyclic) bond motifs is 2. The molecule has 9 heteroatoms. The van der Waals surface area contributed by atoms with Crippen molar-refractivity contribution in [2.24, 2.45) is 4.40 Å². The van der Waals surface area contributed by atoms with Crippen molar-refractivity contribution in [2.75, 3.05) is 31.6 Å². The molecule has 0 N–H and O–H groups in total. The minimum absolute atomic E-state index is 0.109. The number of esters is 1. The van der Waals surface area contributed by atoms with Crippen molar-refractivity contribution in [1.82, 2.24) is 4.90 Å². The van der Waals surface area contributed by atoms with Crippen LogP contribution in [-0.2, 0) is 30.8 Å². The third-order valence-electron chi connectivity index (χ3n) is 4.89. The lowest BCUT2D eigenvalue weighted by atomic mass is 10.2. The van der Waals surface area contributed by atoms with E-state index >= 15 is 0 Å². The minimum atomic E-state index is -3.77. The van der Waals surface area contributed by atoms with Crippen molar-refractivity contribution in [3.63, 3.8) is 0 Å². The Hall–Kier alpha value is -3.20. The number of likely N-dealkylation sites (N-methyl/N-ethyl adjacent to an activating group) is 1. The van der Waals surface area contributed by atoms with Gasteiger partial charge in [0.2, 0.25) is 0 Å². The Balaban J connectivity index is 1.37. The molecule has 0 fully saturated rings. The lowest BCUT2D eigenvalue weighted by molar-refractivity contribution is -0.147. The zero-order chi connectivity index (χ0) is 20.6. The van der Waals surface area contributed by atoms with Gasteiger partial charge in [-0.3, -0.25) is 9.59 Å². The fourth-order valence-electron chi connectivity index (χ4n) is 3.50. The van der Waals surface area contributed by atoms with E-state index in [-0.39, 0.29) is 29.8 Å². The number of amidine groups is 1. The van der Waals surface area contributed by atoms with E-state index in [1.807, 2.05) is 24.3 Å². The molecule has 0 aromatic heterocycles. The maximum Gasteiger partial charge on any atom is 0.326 e. The fourth-order valence-corrected chi connectivity index (χ4v) is 4.75. The van der Waals surface area contributed by atoms with Gasteiger partial charge in [0.05, 0.1) is 0 Å². The topological polar surface area (TPSA) is 96.3 Å². The highest BCUT2D eigenvalue weighted by Crippen LogP contribution is 2.28. The molecule has 0 unspecified atom stereocenters. The van der Waals surface area contributed by atoms with Crippen molar-refractivity contribution in [3.05, 3.63) is 59.7 Å². The van der Waals surface area contributed by atoms with Crippen molar-refractivity contribution in [2.45, 2.75) is 11.3 Å². The van der Waals surface area contributed by atoms with Crippen LogP contribution >= 0.6 is 0 Å². The maximum absolute atomic E-state index is 12.4. The second-order valence-electron chi connectivity index (χ2n) is 6.83. The SMILES string of the molecule is CN(CC(=O)OCC(=O)N1CCc2ccccc21)C1=NS(=O)(=O)c2ccccc21. The van der Waals surface area contributed by atoms with Crippen LogP contribution in [0.4, 0.5) is 5.69 Å². The van der Waals surface area contributed by atoms with Gasteiger partial charge in [0.25, 0.3) is 15.9 Å². The third kappa shape index (κ3) is 3.61. The Morgan fingerprint density at radius 3 is 2.69 bits per heavy atom. The molecular formula is C20H19N3O5S. The normalized spacial score (nSPS) is 16.0. The Morgan fingerprint density at radius 1 is 1.14 bits per heavy atom. The molecule has 8 nitrogen and oxygen atoms in total. The molecule has 0 atom stereocenters. The monoisotopic (exact) mass is 413 g/mol. The number of hydrogen-bond donors (Lipinski definition) is 0. The van der Waals surface area contributed by atoms with Gasteiger partial charge in [-0.1, -0.05) is 30.3 Å². The number of sulfonamides is 1. The van der Waals surface area contributed by atoms with E-state index in [2.05, 4.69) is 4.40 Å². The summed E-state index contributed by atoms with van der Waals surface area (Å²) in [6.07, 6.45) is 0.770. The Labute approximate surface area is 168 Å². The van der Waals surface area contributed by atoms with E-state index in [1.165, 1.54) is 11.0 Å². The molecule has 0 aliphatic carbocycles. The molecule has 0 radical (unpaired) electrons. The summed E-state index contributed by atoms with van der Waals surface area (Å²) >= 11 is 0. The van der Waals surface area contributed by atoms with E-state index in [0.717, 1.165) is 17.7 Å². The Bertz CT molecular complexity index is 1130. The van der Waals surface area contributed by atoms with E-state index in [9.17, 15) is 18.0 Å². The smallest absolute Gasteiger partial charge is 0.326 e. The second kappa shape index (κ2) is 7.32. The number of rotatable bonds is 4. The van der Waals surface area contributed by atoms with Gasteiger partial charge in [-0.15, -0.1) is 4.40 Å². The molecular weight excluding hydrogens is 394 g/mol. The number of benzene rings is 2. The van der Waals surface area contributed by atoms with Gasteiger partial charge < -0.3 is 14.5 Å². The highest BCUT2D eigenvalue weighted by molar-refractivity contribution is 7.90. The average Bonchev–Trinajstić information content (AvgIpc) is 3.25. The lowest BCUT2D eigenvalue weighted by Crippen LogP contribution is -2.36. The van der Waals surface area contributed by atoms with E-state index in [1.54, 1.807) is 30.1 Å². The first-order chi connectivity index (χ1) is 13.9. The quantitative estimate of drug-likeness (QED) is 0.699. The first-order valence-electron chi connectivity index (χ1n) is 9.06. The molecule has 2 heterocycles. The van der Waals surface area contributed by atoms with Gasteiger partial charge in [0.1, 0.15) is 11.4 Å². The third-order valence-corrected chi connectivity index (χ3v) is 6.21. The highest BCUT2D eigenvalue weighted by atomic mass is 32.2. The molecule has 0 saturated carbocycles. The number of ether oxygens (including phenoxy) is 1. The molecule has 2 aliphatic rings. The van der Waals surface area contributed by atoms with Gasteiger partial charge in [-0.25, -0.2) is 0 Å². The van der Waals surface area contributed by atoms with Gasteiger partial charge in [0.15, 0.2) is 12.4 Å². The van der Waals surface area contributed by atoms with Crippen LogP contribution in [0, 0.1) is 0 Å². The Kier molecular flexibility index (Phi) is 4.83. The predicted molar refractivity (Wildman–Crippen MR) is 106 cm³/mol. The van der Waals surface area contributed by atoms with Crippen molar-refractivity contribution >= 4 is 33.4 Å². The number of hydrogen-bond acceptors (Lipinski definition) is 6. The largest absolute Gasteiger partial charge is 0.454 e. The van der Waals surface area contributed by atoms with Crippen molar-refractivity contribution < 1.29 is 22.7 Å². The second-order valence-corrected chi connectivity index (χ2v) is 8.40. The van der Waals surface area contributed by atoms with Crippen LogP contribution in [0.15, 0.2) is 57.8 Å². The van der Waals surface area contributed by atoms with E-state index in [4.69, 9.17) is 4.74 Å². The molecule has 0 bridgehead atoms. The highest BCUT2D eigenvalue weighted by Gasteiger charge is 2.31. The zero-order valence-electron chi connectivity index (χ0n) is 15.7. The van der Waals surface area contributed by atoms with E-state index < -0.39 is 16.0 Å². The summed E-state index contributed by atoms with van der Waals surface area (Å²) in [7, 11) is -2.22.